The van der Waals surface area contributed by atoms with Gasteiger partial charge < -0.3 is 9.47 Å². The number of aryl methyl sites for hydroxylation is 2. The number of nitriles is 3. The van der Waals surface area contributed by atoms with Crippen LogP contribution in [0.3, 0.4) is 0 Å². The zero-order valence-corrected chi connectivity index (χ0v) is 26.1. The van der Waals surface area contributed by atoms with Crippen molar-refractivity contribution >= 4 is 53.1 Å². The van der Waals surface area contributed by atoms with E-state index in [1.807, 2.05) is 25.1 Å². The number of anilines is 1. The molecular formula is C34H29N7O7. The van der Waals surface area contributed by atoms with E-state index in [2.05, 4.69) is 20.3 Å². The molecule has 1 amide bonds. The molecule has 0 bridgehead atoms. The van der Waals surface area contributed by atoms with Crippen molar-refractivity contribution in [1.82, 2.24) is 0 Å². The molecule has 0 fully saturated rings. The molecule has 1 N–H and O–H groups in total. The lowest BCUT2D eigenvalue weighted by atomic mass is 10.1. The van der Waals surface area contributed by atoms with Crippen molar-refractivity contribution in [3.8, 4) is 18.2 Å². The van der Waals surface area contributed by atoms with Crippen molar-refractivity contribution in [2.24, 2.45) is 15.0 Å². The van der Waals surface area contributed by atoms with Gasteiger partial charge in [0.15, 0.2) is 0 Å². The molecule has 0 atom stereocenters. The number of hydrogen-bond donors (Lipinski definition) is 1. The summed E-state index contributed by atoms with van der Waals surface area (Å²) in [5.41, 5.74) is 5.27. The minimum absolute atomic E-state index is 0.0353. The summed E-state index contributed by atoms with van der Waals surface area (Å²) in [6, 6.07) is 22.6. The molecule has 14 heteroatoms. The Balaban J connectivity index is 0.000000368. The summed E-state index contributed by atoms with van der Waals surface area (Å²) in [7, 11) is 0. The van der Waals surface area contributed by atoms with Gasteiger partial charge >= 0.3 is 12.1 Å². The Labute approximate surface area is 276 Å². The maximum absolute atomic E-state index is 11.5. The Hall–Kier alpha value is -6.99. The molecule has 0 unspecified atom stereocenters. The quantitative estimate of drug-likeness (QED) is 0.109. The monoisotopic (exact) mass is 647 g/mol. The van der Waals surface area contributed by atoms with Crippen LogP contribution in [0.15, 0.2) is 75.6 Å². The summed E-state index contributed by atoms with van der Waals surface area (Å²) in [5.74, 6) is -0.402. The standard InChI is InChI=1S/C13H12N2O3.C12H11N3O3.C9H6N2O/c1-10-3-4-12(15-9-16)7-11(10)8-13(17)18-6-2-5-14;1-9-3-4-10(7-11(9)14-8-16)15-12(17)18-6-2-5-13;10-6-5-8-1-3-9(4-2-8)11-7-12/h3-4,7H,2,6,8H2,1H3;3-4,7H,2,6H2,1H3,(H,15,17);1-4H,5H2. The highest BCUT2D eigenvalue weighted by atomic mass is 16.5. The van der Waals surface area contributed by atoms with Crippen molar-refractivity contribution in [3.05, 3.63) is 82.9 Å². The van der Waals surface area contributed by atoms with Gasteiger partial charge in [-0.3, -0.25) is 10.1 Å². The molecule has 0 aliphatic rings. The molecule has 0 aliphatic carbocycles. The first-order chi connectivity index (χ1) is 23.2. The number of amides is 1. The van der Waals surface area contributed by atoms with Gasteiger partial charge in [0.05, 0.1) is 61.0 Å². The number of nitrogens with one attached hydrogen (secondary N) is 1. The summed E-state index contributed by atoms with van der Waals surface area (Å²) in [4.78, 5) is 63.4. The number of benzene rings is 3. The second-order valence-electron chi connectivity index (χ2n) is 9.20. The van der Waals surface area contributed by atoms with E-state index >= 15 is 0 Å². The number of carbonyl (C=O) groups is 2. The highest BCUT2D eigenvalue weighted by Crippen LogP contribution is 2.23. The molecule has 0 heterocycles. The third-order valence-electron chi connectivity index (χ3n) is 5.78. The summed E-state index contributed by atoms with van der Waals surface area (Å²) in [5, 5.41) is 27.4. The van der Waals surface area contributed by atoms with E-state index < -0.39 is 12.1 Å². The Morgan fingerprint density at radius 2 is 1.29 bits per heavy atom. The minimum atomic E-state index is -0.657. The Bertz CT molecular complexity index is 1820. The topological polar surface area (TPSA) is 224 Å². The van der Waals surface area contributed by atoms with Gasteiger partial charge in [-0.25, -0.2) is 19.2 Å². The molecule has 0 saturated heterocycles. The average molecular weight is 648 g/mol. The van der Waals surface area contributed by atoms with Gasteiger partial charge in [0.2, 0.25) is 18.2 Å². The van der Waals surface area contributed by atoms with Crippen LogP contribution in [0.2, 0.25) is 0 Å². The average Bonchev–Trinajstić information content (AvgIpc) is 3.06. The molecule has 0 aliphatic heterocycles. The first-order valence-electron chi connectivity index (χ1n) is 13.9. The fourth-order valence-electron chi connectivity index (χ4n) is 3.42. The van der Waals surface area contributed by atoms with Crippen LogP contribution < -0.4 is 5.32 Å². The SMILES string of the molecule is Cc1ccc(N=C=O)cc1CC(=O)OCCC#N.Cc1ccc(NC(=O)OCCC#N)cc1N=C=O.N#CCc1ccc(N=C=O)cc1. The van der Waals surface area contributed by atoms with Crippen LogP contribution in [-0.2, 0) is 41.5 Å². The number of carbonyl (C=O) groups excluding carboxylic acids is 5. The molecular weight excluding hydrogens is 618 g/mol. The van der Waals surface area contributed by atoms with Gasteiger partial charge in [0.25, 0.3) is 0 Å². The molecule has 242 valence electrons. The summed E-state index contributed by atoms with van der Waals surface area (Å²) in [6.07, 6.45) is 4.48. The smallest absolute Gasteiger partial charge is 0.411 e. The second-order valence-corrected chi connectivity index (χ2v) is 9.20. The zero-order chi connectivity index (χ0) is 35.6. The van der Waals surface area contributed by atoms with Crippen molar-refractivity contribution < 1.29 is 33.4 Å². The van der Waals surface area contributed by atoms with E-state index in [4.69, 9.17) is 25.3 Å². The lowest BCUT2D eigenvalue weighted by Gasteiger charge is -2.07. The van der Waals surface area contributed by atoms with Crippen LogP contribution in [-0.4, -0.2) is 43.5 Å². The van der Waals surface area contributed by atoms with Crippen molar-refractivity contribution in [3.63, 3.8) is 0 Å². The van der Waals surface area contributed by atoms with Crippen molar-refractivity contribution in [1.29, 1.82) is 15.8 Å². The molecule has 3 aromatic carbocycles. The molecule has 0 spiro atoms. The molecule has 14 nitrogen and oxygen atoms in total. The normalized spacial score (nSPS) is 8.81. The van der Waals surface area contributed by atoms with Crippen LogP contribution in [0.4, 0.5) is 27.5 Å². The van der Waals surface area contributed by atoms with E-state index in [1.54, 1.807) is 61.5 Å². The first kappa shape index (κ1) is 39.0. The van der Waals surface area contributed by atoms with Crippen molar-refractivity contribution in [2.45, 2.75) is 39.5 Å². The maximum atomic E-state index is 11.5. The number of esters is 1. The van der Waals surface area contributed by atoms with Gasteiger partial charge in [0, 0.05) is 5.69 Å². The molecule has 0 saturated carbocycles. The predicted molar refractivity (Wildman–Crippen MR) is 172 cm³/mol. The zero-order valence-electron chi connectivity index (χ0n) is 26.1. The third-order valence-corrected chi connectivity index (χ3v) is 5.78. The van der Waals surface area contributed by atoms with Crippen LogP contribution in [0.1, 0.15) is 35.1 Å². The first-order valence-corrected chi connectivity index (χ1v) is 13.9. The highest BCUT2D eigenvalue weighted by molar-refractivity contribution is 5.85. The van der Waals surface area contributed by atoms with E-state index in [0.717, 1.165) is 22.3 Å². The third kappa shape index (κ3) is 16.2. The summed E-state index contributed by atoms with van der Waals surface area (Å²) >= 11 is 0. The lowest BCUT2D eigenvalue weighted by Crippen LogP contribution is -2.14. The highest BCUT2D eigenvalue weighted by Gasteiger charge is 2.08. The molecule has 3 aromatic rings. The fraction of sp³-hybridized carbons (Fsp3) is 0.235. The molecule has 3 rings (SSSR count). The largest absolute Gasteiger partial charge is 0.464 e. The van der Waals surface area contributed by atoms with Gasteiger partial charge in [-0.2, -0.15) is 30.8 Å². The van der Waals surface area contributed by atoms with Gasteiger partial charge in [0.1, 0.15) is 13.2 Å². The number of aliphatic imine (C=N–C) groups is 3. The van der Waals surface area contributed by atoms with Crippen LogP contribution in [0.5, 0.6) is 0 Å². The summed E-state index contributed by atoms with van der Waals surface area (Å²) < 4.78 is 9.61. The van der Waals surface area contributed by atoms with Crippen LogP contribution >= 0.6 is 0 Å². The van der Waals surface area contributed by atoms with Crippen LogP contribution in [0.25, 0.3) is 0 Å². The Morgan fingerprint density at radius 3 is 1.90 bits per heavy atom. The Morgan fingerprint density at radius 1 is 0.708 bits per heavy atom. The maximum Gasteiger partial charge on any atom is 0.411 e. The van der Waals surface area contributed by atoms with Crippen molar-refractivity contribution in [2.75, 3.05) is 18.5 Å². The number of ether oxygens (including phenoxy) is 2. The second kappa shape index (κ2) is 23.4. The fourth-order valence-corrected chi connectivity index (χ4v) is 3.42. The van der Waals surface area contributed by atoms with E-state index in [9.17, 15) is 24.0 Å². The van der Waals surface area contributed by atoms with Crippen LogP contribution in [0, 0.1) is 47.8 Å². The number of hydrogen-bond acceptors (Lipinski definition) is 13. The molecule has 0 aromatic heterocycles. The number of nitrogens with zero attached hydrogens (tertiary/aromatic N) is 6. The van der Waals surface area contributed by atoms with Gasteiger partial charge in [-0.15, -0.1) is 0 Å². The molecule has 0 radical (unpaired) electrons. The van der Waals surface area contributed by atoms with E-state index in [-0.39, 0.29) is 32.5 Å². The minimum Gasteiger partial charge on any atom is -0.464 e. The lowest BCUT2D eigenvalue weighted by molar-refractivity contribution is -0.142. The van der Waals surface area contributed by atoms with E-state index in [1.165, 1.54) is 24.3 Å². The Kier molecular flexibility index (Phi) is 19.0. The van der Waals surface area contributed by atoms with Gasteiger partial charge in [-0.05, 0) is 72.5 Å². The predicted octanol–water partition coefficient (Wildman–Crippen LogP) is 6.11. The summed E-state index contributed by atoms with van der Waals surface area (Å²) in [6.45, 7) is 3.77. The van der Waals surface area contributed by atoms with Gasteiger partial charge in [-0.1, -0.05) is 24.3 Å². The molecule has 48 heavy (non-hydrogen) atoms. The number of isocyanates is 3. The number of rotatable bonds is 11. The van der Waals surface area contributed by atoms with E-state index in [0.29, 0.717) is 29.2 Å².